The van der Waals surface area contributed by atoms with Gasteiger partial charge in [-0.2, -0.15) is 4.39 Å². The Hall–Kier alpha value is -3.81. The van der Waals surface area contributed by atoms with Gasteiger partial charge in [-0.1, -0.05) is 30.3 Å². The number of nitrogens with zero attached hydrogens (tertiary/aromatic N) is 1. The molecule has 0 fully saturated rings. The third-order valence-electron chi connectivity index (χ3n) is 4.40. The summed E-state index contributed by atoms with van der Waals surface area (Å²) in [6.07, 6.45) is 1.30. The van der Waals surface area contributed by atoms with Crippen molar-refractivity contribution < 1.29 is 22.9 Å². The highest BCUT2D eigenvalue weighted by atomic mass is 19.1. The van der Waals surface area contributed by atoms with Crippen LogP contribution in [-0.4, -0.2) is 10.8 Å². The van der Waals surface area contributed by atoms with Crippen molar-refractivity contribution in [3.8, 4) is 0 Å². The van der Waals surface area contributed by atoms with Crippen LogP contribution in [0.3, 0.4) is 0 Å². The first-order valence-corrected chi connectivity index (χ1v) is 8.25. The van der Waals surface area contributed by atoms with Crippen molar-refractivity contribution in [3.63, 3.8) is 0 Å². The normalized spacial score (nSPS) is 11.1. The molecule has 0 aliphatic rings. The van der Waals surface area contributed by atoms with E-state index in [0.717, 1.165) is 16.2 Å². The van der Waals surface area contributed by atoms with Crippen LogP contribution >= 0.6 is 0 Å². The van der Waals surface area contributed by atoms with E-state index >= 15 is 0 Å². The summed E-state index contributed by atoms with van der Waals surface area (Å²) >= 11 is 0. The Morgan fingerprint density at radius 2 is 1.89 bits per heavy atom. The molecule has 0 aliphatic carbocycles. The fourth-order valence-electron chi connectivity index (χ4n) is 3.15. The van der Waals surface area contributed by atoms with E-state index < -0.39 is 33.8 Å². The summed E-state index contributed by atoms with van der Waals surface area (Å²) in [6, 6.07) is 12.3. The van der Waals surface area contributed by atoms with E-state index in [1.807, 2.05) is 30.3 Å². The predicted octanol–water partition coefficient (Wildman–Crippen LogP) is 4.95. The number of carbonyl (C=O) groups excluding carboxylic acids is 1. The predicted molar refractivity (Wildman–Crippen MR) is 99.1 cm³/mol. The number of carbonyl (C=O) groups is 1. The van der Waals surface area contributed by atoms with Gasteiger partial charge in [-0.05, 0) is 16.8 Å². The minimum Gasteiger partial charge on any atom is -0.464 e. The van der Waals surface area contributed by atoms with Gasteiger partial charge in [-0.15, -0.1) is 0 Å². The molecular weight excluding hydrogens is 370 g/mol. The zero-order chi connectivity index (χ0) is 19.8. The Bertz CT molecular complexity index is 1250. The molecule has 6 nitrogen and oxygen atoms in total. The average molecular weight is 382 g/mol. The van der Waals surface area contributed by atoms with E-state index in [-0.39, 0.29) is 6.42 Å². The molecule has 1 heterocycles. The minimum atomic E-state index is -1.31. The van der Waals surface area contributed by atoms with Crippen molar-refractivity contribution >= 4 is 39.0 Å². The van der Waals surface area contributed by atoms with Crippen LogP contribution in [0.4, 0.5) is 20.2 Å². The van der Waals surface area contributed by atoms with Crippen LogP contribution in [0.5, 0.6) is 0 Å². The highest BCUT2D eigenvalue weighted by molar-refractivity contribution is 6.09. The third-order valence-corrected chi connectivity index (χ3v) is 4.40. The molecule has 0 radical (unpaired) electrons. The summed E-state index contributed by atoms with van der Waals surface area (Å²) in [5.41, 5.74) is -0.196. The van der Waals surface area contributed by atoms with E-state index in [1.165, 1.54) is 6.26 Å². The van der Waals surface area contributed by atoms with Crippen molar-refractivity contribution in [3.05, 3.63) is 82.1 Å². The molecule has 0 unspecified atom stereocenters. The van der Waals surface area contributed by atoms with Gasteiger partial charge in [0.05, 0.1) is 23.3 Å². The molecule has 4 aromatic rings. The van der Waals surface area contributed by atoms with Crippen LogP contribution in [0.15, 0.2) is 59.2 Å². The lowest BCUT2D eigenvalue weighted by atomic mass is 10.0. The number of rotatable bonds is 4. The molecule has 140 valence electrons. The van der Waals surface area contributed by atoms with Crippen LogP contribution < -0.4 is 5.32 Å². The van der Waals surface area contributed by atoms with Crippen molar-refractivity contribution in [1.29, 1.82) is 0 Å². The lowest BCUT2D eigenvalue weighted by Crippen LogP contribution is -2.15. The maximum Gasteiger partial charge on any atom is 0.307 e. The molecule has 0 atom stereocenters. The Morgan fingerprint density at radius 3 is 2.68 bits per heavy atom. The second-order valence-electron chi connectivity index (χ2n) is 6.19. The SMILES string of the molecule is O=C(Cc1coc2ccc3ccccc3c12)Nc1cc([N+](=O)[O-])c(F)cc1F. The summed E-state index contributed by atoms with van der Waals surface area (Å²) < 4.78 is 32.8. The summed E-state index contributed by atoms with van der Waals surface area (Å²) in [4.78, 5) is 22.2. The number of nitro groups is 1. The molecule has 0 spiro atoms. The van der Waals surface area contributed by atoms with Crippen LogP contribution in [-0.2, 0) is 11.2 Å². The molecule has 8 heteroatoms. The minimum absolute atomic E-state index is 0.147. The Morgan fingerprint density at radius 1 is 1.11 bits per heavy atom. The topological polar surface area (TPSA) is 85.4 Å². The fourth-order valence-corrected chi connectivity index (χ4v) is 3.15. The molecule has 1 aromatic heterocycles. The number of nitro benzene ring substituents is 1. The number of anilines is 1. The summed E-state index contributed by atoms with van der Waals surface area (Å²) in [7, 11) is 0. The van der Waals surface area contributed by atoms with E-state index in [4.69, 9.17) is 4.42 Å². The van der Waals surface area contributed by atoms with E-state index in [1.54, 1.807) is 6.07 Å². The number of hydrogen-bond acceptors (Lipinski definition) is 4. The molecule has 0 aliphatic heterocycles. The third kappa shape index (κ3) is 3.05. The van der Waals surface area contributed by atoms with Gasteiger partial charge in [0.1, 0.15) is 11.4 Å². The lowest BCUT2D eigenvalue weighted by Gasteiger charge is -2.07. The molecule has 28 heavy (non-hydrogen) atoms. The molecule has 1 amide bonds. The second kappa shape index (κ2) is 6.73. The first-order chi connectivity index (χ1) is 13.4. The van der Waals surface area contributed by atoms with Gasteiger partial charge >= 0.3 is 5.69 Å². The van der Waals surface area contributed by atoms with Gasteiger partial charge < -0.3 is 9.73 Å². The van der Waals surface area contributed by atoms with Gasteiger partial charge in [0.25, 0.3) is 0 Å². The largest absolute Gasteiger partial charge is 0.464 e. The molecular formula is C20H12F2N2O4. The maximum absolute atomic E-state index is 13.9. The number of nitrogens with one attached hydrogen (secondary N) is 1. The summed E-state index contributed by atoms with van der Waals surface area (Å²) in [5, 5.41) is 15.7. The van der Waals surface area contributed by atoms with Gasteiger partial charge in [-0.3, -0.25) is 14.9 Å². The monoisotopic (exact) mass is 382 g/mol. The van der Waals surface area contributed by atoms with E-state index in [2.05, 4.69) is 5.32 Å². The van der Waals surface area contributed by atoms with E-state index in [9.17, 15) is 23.7 Å². The standard InChI is InChI=1S/C20H12F2N2O4/c21-14-8-15(22)17(24(26)27)9-16(14)23-19(25)7-12-10-28-18-6-5-11-3-1-2-4-13(11)20(12)18/h1-6,8-10H,7H2,(H,23,25). The van der Waals surface area contributed by atoms with Crippen molar-refractivity contribution in [2.24, 2.45) is 0 Å². The molecule has 1 N–H and O–H groups in total. The number of fused-ring (bicyclic) bond motifs is 3. The molecule has 0 saturated heterocycles. The number of benzene rings is 3. The average Bonchev–Trinajstić information content (AvgIpc) is 3.07. The molecule has 0 saturated carbocycles. The molecule has 0 bridgehead atoms. The van der Waals surface area contributed by atoms with Crippen LogP contribution in [0.25, 0.3) is 21.7 Å². The number of hydrogen-bond donors (Lipinski definition) is 1. The van der Waals surface area contributed by atoms with Crippen LogP contribution in [0.1, 0.15) is 5.56 Å². The van der Waals surface area contributed by atoms with Gasteiger partial charge in [0.15, 0.2) is 0 Å². The van der Waals surface area contributed by atoms with Crippen molar-refractivity contribution in [2.75, 3.05) is 5.32 Å². The zero-order valence-electron chi connectivity index (χ0n) is 14.2. The fraction of sp³-hybridized carbons (Fsp3) is 0.0500. The first-order valence-electron chi connectivity index (χ1n) is 8.25. The number of amides is 1. The van der Waals surface area contributed by atoms with Crippen LogP contribution in [0, 0.1) is 21.7 Å². The number of furan rings is 1. The second-order valence-corrected chi connectivity index (χ2v) is 6.19. The smallest absolute Gasteiger partial charge is 0.307 e. The zero-order valence-corrected chi connectivity index (χ0v) is 14.2. The van der Waals surface area contributed by atoms with Gasteiger partial charge in [0, 0.05) is 23.1 Å². The van der Waals surface area contributed by atoms with Gasteiger partial charge in [-0.25, -0.2) is 4.39 Å². The molecule has 3 aromatic carbocycles. The maximum atomic E-state index is 13.9. The van der Waals surface area contributed by atoms with E-state index in [0.29, 0.717) is 23.3 Å². The van der Waals surface area contributed by atoms with Gasteiger partial charge in [0.2, 0.25) is 11.7 Å². The Kier molecular flexibility index (Phi) is 4.23. The first kappa shape index (κ1) is 17.6. The van der Waals surface area contributed by atoms with Crippen molar-refractivity contribution in [1.82, 2.24) is 0 Å². The highest BCUT2D eigenvalue weighted by Crippen LogP contribution is 2.30. The highest BCUT2D eigenvalue weighted by Gasteiger charge is 2.20. The quantitative estimate of drug-likeness (QED) is 0.400. The Balaban J connectivity index is 1.66. The van der Waals surface area contributed by atoms with Crippen LogP contribution in [0.2, 0.25) is 0 Å². The van der Waals surface area contributed by atoms with Crippen molar-refractivity contribution in [2.45, 2.75) is 6.42 Å². The summed E-state index contributed by atoms with van der Waals surface area (Å²) in [6.45, 7) is 0. The molecule has 4 rings (SSSR count). The number of halogens is 2. The summed E-state index contributed by atoms with van der Waals surface area (Å²) in [5.74, 6) is -3.03. The lowest BCUT2D eigenvalue weighted by molar-refractivity contribution is -0.387. The Labute approximate surface area is 156 Å².